The van der Waals surface area contributed by atoms with Crippen molar-refractivity contribution < 1.29 is 24.6 Å². The molecule has 1 aliphatic heterocycles. The Balaban J connectivity index is 0.000000233. The minimum Gasteiger partial charge on any atom is -0.481 e. The largest absolute Gasteiger partial charge is 0.481 e. The van der Waals surface area contributed by atoms with Gasteiger partial charge < -0.3 is 20.4 Å². The lowest BCUT2D eigenvalue weighted by atomic mass is 10.0. The van der Waals surface area contributed by atoms with E-state index in [0.29, 0.717) is 10.7 Å². The molecule has 0 fully saturated rings. The number of carbonyl (C=O) groups excluding carboxylic acids is 1. The number of para-hydroxylation sites is 1. The first kappa shape index (κ1) is 26.9. The molecule has 3 N–H and O–H groups in total. The van der Waals surface area contributed by atoms with Crippen LogP contribution in [0, 0.1) is 0 Å². The SMILES string of the molecule is CN1C=C/C(=C/C=N/c2ccc(C(=O)O)cc2)c2ccccc21.O=C(O)CC(=O)Nc1ccc(Cl)cc1. The molecule has 0 unspecified atom stereocenters. The Bertz CT molecular complexity index is 1360. The number of benzene rings is 3. The van der Waals surface area contributed by atoms with Gasteiger partial charge in [0.2, 0.25) is 5.91 Å². The van der Waals surface area contributed by atoms with Gasteiger partial charge in [-0.15, -0.1) is 0 Å². The molecule has 4 rings (SSSR count). The van der Waals surface area contributed by atoms with E-state index in [9.17, 15) is 14.4 Å². The van der Waals surface area contributed by atoms with Crippen molar-refractivity contribution in [3.8, 4) is 0 Å². The summed E-state index contributed by atoms with van der Waals surface area (Å²) >= 11 is 5.63. The third-order valence-electron chi connectivity index (χ3n) is 5.10. The molecule has 8 nitrogen and oxygen atoms in total. The predicted molar refractivity (Wildman–Crippen MR) is 146 cm³/mol. The van der Waals surface area contributed by atoms with Crippen molar-refractivity contribution in [3.05, 3.63) is 107 Å². The van der Waals surface area contributed by atoms with E-state index in [2.05, 4.69) is 27.3 Å². The maximum atomic E-state index is 11.0. The highest BCUT2D eigenvalue weighted by molar-refractivity contribution is 6.30. The Morgan fingerprint density at radius 1 is 0.973 bits per heavy atom. The van der Waals surface area contributed by atoms with E-state index in [-0.39, 0.29) is 5.56 Å². The third kappa shape index (κ3) is 8.19. The second-order valence-corrected chi connectivity index (χ2v) is 8.26. The molecule has 188 valence electrons. The molecule has 0 aliphatic carbocycles. The van der Waals surface area contributed by atoms with E-state index in [0.717, 1.165) is 22.5 Å². The van der Waals surface area contributed by atoms with Crippen molar-refractivity contribution in [2.24, 2.45) is 4.99 Å². The molecule has 0 radical (unpaired) electrons. The Morgan fingerprint density at radius 3 is 2.30 bits per heavy atom. The van der Waals surface area contributed by atoms with Crippen LogP contribution < -0.4 is 10.2 Å². The fourth-order valence-electron chi connectivity index (χ4n) is 3.30. The van der Waals surface area contributed by atoms with Crippen LogP contribution >= 0.6 is 11.6 Å². The maximum absolute atomic E-state index is 11.0. The minimum atomic E-state index is -1.16. The predicted octanol–water partition coefficient (Wildman–Crippen LogP) is 5.89. The number of amides is 1. The Hall–Kier alpha value is -4.69. The lowest BCUT2D eigenvalue weighted by Crippen LogP contribution is -2.15. The zero-order chi connectivity index (χ0) is 26.8. The lowest BCUT2D eigenvalue weighted by Gasteiger charge is -2.23. The standard InChI is InChI=1S/C19H16N2O2.C9H8ClNO3/c1-21-13-11-14(17-4-2-3-5-18(17)21)10-12-20-16-8-6-15(7-9-16)19(22)23;10-6-1-3-7(4-2-6)11-8(12)5-9(13)14/h2-13H,1H3,(H,22,23);1-4H,5H2,(H,11,12)(H,13,14)/b14-10-,20-12+;. The van der Waals surface area contributed by atoms with Crippen molar-refractivity contribution in [1.82, 2.24) is 0 Å². The zero-order valence-electron chi connectivity index (χ0n) is 19.8. The number of hydrogen-bond acceptors (Lipinski definition) is 5. The molecule has 9 heteroatoms. The summed E-state index contributed by atoms with van der Waals surface area (Å²) < 4.78 is 0. The first-order valence-corrected chi connectivity index (χ1v) is 11.5. The Labute approximate surface area is 218 Å². The number of nitrogens with one attached hydrogen (secondary N) is 1. The molecule has 1 amide bonds. The van der Waals surface area contributed by atoms with Gasteiger partial charge >= 0.3 is 11.9 Å². The zero-order valence-corrected chi connectivity index (χ0v) is 20.6. The van der Waals surface area contributed by atoms with E-state index in [1.54, 1.807) is 54.7 Å². The number of aliphatic carboxylic acids is 1. The van der Waals surface area contributed by atoms with Crippen LogP contribution in [0.4, 0.5) is 17.1 Å². The van der Waals surface area contributed by atoms with Crippen LogP contribution in [0.1, 0.15) is 22.3 Å². The fraction of sp³-hybridized carbons (Fsp3) is 0.0714. The number of carbonyl (C=O) groups is 3. The third-order valence-corrected chi connectivity index (χ3v) is 5.36. The second-order valence-electron chi connectivity index (χ2n) is 7.82. The number of carboxylic acids is 2. The van der Waals surface area contributed by atoms with Crippen LogP contribution in [-0.2, 0) is 9.59 Å². The number of aliphatic imine (C=N–C) groups is 1. The quantitative estimate of drug-likeness (QED) is 0.277. The molecule has 37 heavy (non-hydrogen) atoms. The van der Waals surface area contributed by atoms with E-state index < -0.39 is 24.3 Å². The van der Waals surface area contributed by atoms with Gasteiger partial charge in [-0.2, -0.15) is 0 Å². The average molecular weight is 518 g/mol. The first-order chi connectivity index (χ1) is 17.7. The average Bonchev–Trinajstić information content (AvgIpc) is 2.87. The topological polar surface area (TPSA) is 119 Å². The second kappa shape index (κ2) is 12.9. The monoisotopic (exact) mass is 517 g/mol. The van der Waals surface area contributed by atoms with Crippen LogP contribution in [-0.4, -0.2) is 41.3 Å². The van der Waals surface area contributed by atoms with Crippen molar-refractivity contribution in [1.29, 1.82) is 0 Å². The van der Waals surface area contributed by atoms with Gasteiger partial charge in [0, 0.05) is 41.4 Å². The number of aromatic carboxylic acids is 1. The van der Waals surface area contributed by atoms with Gasteiger partial charge in [-0.25, -0.2) is 4.79 Å². The van der Waals surface area contributed by atoms with E-state index in [1.807, 2.05) is 37.5 Å². The molecular weight excluding hydrogens is 494 g/mol. The minimum absolute atomic E-state index is 0.259. The van der Waals surface area contributed by atoms with Crippen LogP contribution in [0.15, 0.2) is 96.1 Å². The molecular formula is C28H24ClN3O5. The molecule has 0 spiro atoms. The number of allylic oxidation sites excluding steroid dienone is 3. The molecule has 0 saturated carbocycles. The summed E-state index contributed by atoms with van der Waals surface area (Å²) in [5.41, 5.74) is 4.91. The van der Waals surface area contributed by atoms with E-state index in [4.69, 9.17) is 21.8 Å². The Kier molecular flexibility index (Phi) is 9.35. The van der Waals surface area contributed by atoms with Crippen LogP contribution in [0.3, 0.4) is 0 Å². The summed E-state index contributed by atoms with van der Waals surface area (Å²) in [6, 6.07) is 21.1. The summed E-state index contributed by atoms with van der Waals surface area (Å²) in [7, 11) is 2.02. The lowest BCUT2D eigenvalue weighted by molar-refractivity contribution is -0.139. The maximum Gasteiger partial charge on any atom is 0.335 e. The molecule has 0 aromatic heterocycles. The number of carboxylic acid groups (broad SMARTS) is 2. The fourth-order valence-corrected chi connectivity index (χ4v) is 3.43. The van der Waals surface area contributed by atoms with E-state index >= 15 is 0 Å². The summed E-state index contributed by atoms with van der Waals surface area (Å²) in [6.07, 6.45) is 7.21. The molecule has 0 atom stereocenters. The van der Waals surface area contributed by atoms with Gasteiger partial charge in [-0.1, -0.05) is 29.8 Å². The molecule has 3 aromatic carbocycles. The number of halogens is 1. The summed E-state index contributed by atoms with van der Waals surface area (Å²) in [4.78, 5) is 38.4. The van der Waals surface area contributed by atoms with Crippen molar-refractivity contribution in [2.45, 2.75) is 6.42 Å². The number of anilines is 2. The smallest absolute Gasteiger partial charge is 0.335 e. The molecule has 0 bridgehead atoms. The van der Waals surface area contributed by atoms with Gasteiger partial charge in [0.25, 0.3) is 0 Å². The number of hydrogen-bond donors (Lipinski definition) is 3. The molecule has 1 aliphatic rings. The summed E-state index contributed by atoms with van der Waals surface area (Å²) in [5.74, 6) is -2.65. The molecule has 3 aromatic rings. The van der Waals surface area contributed by atoms with E-state index in [1.165, 1.54) is 0 Å². The van der Waals surface area contributed by atoms with Gasteiger partial charge in [-0.05, 0) is 72.3 Å². The van der Waals surface area contributed by atoms with Crippen LogP contribution in [0.2, 0.25) is 5.02 Å². The summed E-state index contributed by atoms with van der Waals surface area (Å²) in [6.45, 7) is 0. The van der Waals surface area contributed by atoms with Gasteiger partial charge in [0.05, 0.1) is 11.3 Å². The van der Waals surface area contributed by atoms with Crippen molar-refractivity contribution >= 4 is 58.3 Å². The van der Waals surface area contributed by atoms with Crippen molar-refractivity contribution in [2.75, 3.05) is 17.3 Å². The molecule has 0 saturated heterocycles. The van der Waals surface area contributed by atoms with Gasteiger partial charge in [0.1, 0.15) is 6.42 Å². The molecule has 1 heterocycles. The van der Waals surface area contributed by atoms with Crippen LogP contribution in [0.5, 0.6) is 0 Å². The summed E-state index contributed by atoms with van der Waals surface area (Å²) in [5, 5.41) is 20.2. The number of rotatable bonds is 6. The number of nitrogens with zero attached hydrogens (tertiary/aromatic N) is 2. The van der Waals surface area contributed by atoms with Crippen molar-refractivity contribution in [3.63, 3.8) is 0 Å². The number of fused-ring (bicyclic) bond motifs is 1. The first-order valence-electron chi connectivity index (χ1n) is 11.1. The highest BCUT2D eigenvalue weighted by Gasteiger charge is 2.11. The van der Waals surface area contributed by atoms with Gasteiger partial charge in [-0.3, -0.25) is 14.6 Å². The highest BCUT2D eigenvalue weighted by Crippen LogP contribution is 2.31. The highest BCUT2D eigenvalue weighted by atomic mass is 35.5. The van der Waals surface area contributed by atoms with Crippen LogP contribution in [0.25, 0.3) is 5.57 Å². The van der Waals surface area contributed by atoms with Gasteiger partial charge in [0.15, 0.2) is 0 Å². The normalized spacial score (nSPS) is 13.0. The Morgan fingerprint density at radius 2 is 1.65 bits per heavy atom.